The number of nitrogens with zero attached hydrogens (tertiary/aromatic N) is 1. The molecule has 1 fully saturated rings. The van der Waals surface area contributed by atoms with Crippen LogP contribution in [-0.4, -0.2) is 46.2 Å². The van der Waals surface area contributed by atoms with E-state index in [9.17, 15) is 24.3 Å². The third-order valence-electron chi connectivity index (χ3n) is 5.60. The van der Waals surface area contributed by atoms with Crippen molar-refractivity contribution in [1.82, 2.24) is 5.32 Å². The van der Waals surface area contributed by atoms with Gasteiger partial charge in [-0.1, -0.05) is 29.8 Å². The number of carbonyl (C=O) groups excluding carboxylic acids is 2. The van der Waals surface area contributed by atoms with Gasteiger partial charge in [0.1, 0.15) is 12.2 Å². The number of carboxylic acid groups (broad SMARTS) is 2. The Morgan fingerprint density at radius 3 is 2.36 bits per heavy atom. The predicted molar refractivity (Wildman–Crippen MR) is 145 cm³/mol. The molecule has 2 amide bonds. The van der Waals surface area contributed by atoms with E-state index in [0.29, 0.717) is 11.1 Å². The number of aromatic carboxylic acids is 2. The van der Waals surface area contributed by atoms with Crippen LogP contribution in [0.1, 0.15) is 31.8 Å². The van der Waals surface area contributed by atoms with Gasteiger partial charge in [-0.2, -0.15) is 0 Å². The first-order chi connectivity index (χ1) is 18.6. The van der Waals surface area contributed by atoms with Crippen LogP contribution in [0.5, 0.6) is 11.5 Å². The van der Waals surface area contributed by atoms with E-state index in [4.69, 9.17) is 38.4 Å². The normalized spacial score (nSPS) is 14.3. The number of nitrogens with one attached hydrogen (secondary N) is 1. The molecule has 0 aliphatic carbocycles. The second kappa shape index (κ2) is 11.3. The van der Waals surface area contributed by atoms with Crippen LogP contribution in [0, 0.1) is 0 Å². The van der Waals surface area contributed by atoms with E-state index in [1.54, 1.807) is 12.1 Å². The number of anilines is 1. The van der Waals surface area contributed by atoms with Crippen molar-refractivity contribution in [3.63, 3.8) is 0 Å². The molecule has 3 aromatic carbocycles. The average Bonchev–Trinajstić information content (AvgIpc) is 2.90. The summed E-state index contributed by atoms with van der Waals surface area (Å²) in [6.45, 7) is 0.0686. The monoisotopic (exact) mass is 566 g/mol. The van der Waals surface area contributed by atoms with Crippen molar-refractivity contribution in [2.45, 2.75) is 6.61 Å². The molecular weight excluding hydrogens is 548 g/mol. The van der Waals surface area contributed by atoms with Crippen LogP contribution in [0.25, 0.3) is 6.08 Å². The number of benzene rings is 3. The lowest BCUT2D eigenvalue weighted by Gasteiger charge is -2.29. The summed E-state index contributed by atoms with van der Waals surface area (Å²) >= 11 is 11.6. The van der Waals surface area contributed by atoms with Crippen molar-refractivity contribution in [2.75, 3.05) is 12.0 Å². The van der Waals surface area contributed by atoms with Gasteiger partial charge in [0.15, 0.2) is 16.6 Å². The molecule has 0 radical (unpaired) electrons. The Kier molecular flexibility index (Phi) is 7.93. The summed E-state index contributed by atoms with van der Waals surface area (Å²) in [5, 5.41) is 20.7. The van der Waals surface area contributed by atoms with Gasteiger partial charge in [0.25, 0.3) is 11.8 Å². The number of rotatable bonds is 8. The summed E-state index contributed by atoms with van der Waals surface area (Å²) in [6, 6.07) is 14.7. The van der Waals surface area contributed by atoms with Gasteiger partial charge in [-0.3, -0.25) is 19.8 Å². The van der Waals surface area contributed by atoms with Gasteiger partial charge in [-0.15, -0.1) is 0 Å². The van der Waals surface area contributed by atoms with E-state index in [-0.39, 0.29) is 50.6 Å². The number of methoxy groups -OCH3 is 1. The summed E-state index contributed by atoms with van der Waals surface area (Å²) < 4.78 is 11.2. The number of hydrogen-bond donors (Lipinski definition) is 3. The number of carbonyl (C=O) groups is 4. The van der Waals surface area contributed by atoms with Crippen LogP contribution >= 0.6 is 23.8 Å². The van der Waals surface area contributed by atoms with Gasteiger partial charge in [0.2, 0.25) is 0 Å². The molecule has 4 rings (SSSR count). The smallest absolute Gasteiger partial charge is 0.335 e. The Bertz CT molecular complexity index is 1550. The first kappa shape index (κ1) is 27.3. The van der Waals surface area contributed by atoms with E-state index in [1.165, 1.54) is 61.7 Å². The zero-order valence-electron chi connectivity index (χ0n) is 20.1. The van der Waals surface area contributed by atoms with Crippen molar-refractivity contribution < 1.29 is 38.9 Å². The highest BCUT2D eigenvalue weighted by Gasteiger charge is 2.35. The Hall–Kier alpha value is -4.74. The fourth-order valence-electron chi connectivity index (χ4n) is 3.70. The minimum Gasteiger partial charge on any atom is -0.493 e. The molecule has 0 spiro atoms. The highest BCUT2D eigenvalue weighted by Crippen LogP contribution is 2.38. The molecule has 198 valence electrons. The summed E-state index contributed by atoms with van der Waals surface area (Å²) in [5.74, 6) is -3.30. The number of thiocarbonyl (C=S) groups is 1. The predicted octanol–water partition coefficient (Wildman–Crippen LogP) is 4.16. The van der Waals surface area contributed by atoms with Crippen LogP contribution in [-0.2, 0) is 16.2 Å². The lowest BCUT2D eigenvalue weighted by Crippen LogP contribution is -2.54. The van der Waals surface area contributed by atoms with Crippen LogP contribution in [0.3, 0.4) is 0 Å². The van der Waals surface area contributed by atoms with Crippen molar-refractivity contribution in [1.29, 1.82) is 0 Å². The molecule has 0 aromatic heterocycles. The maximum absolute atomic E-state index is 13.3. The van der Waals surface area contributed by atoms with Crippen molar-refractivity contribution in [3.05, 3.63) is 93.5 Å². The molecule has 1 aliphatic rings. The molecule has 1 heterocycles. The molecule has 0 bridgehead atoms. The van der Waals surface area contributed by atoms with E-state index < -0.39 is 23.8 Å². The van der Waals surface area contributed by atoms with Crippen molar-refractivity contribution >= 4 is 64.4 Å². The SMILES string of the molecule is COc1cc(C=C2C(=O)NC(=S)N(c3cccc(C(=O)O)c3)C2=O)cc(Cl)c1OCc1ccc(C(=O)O)cc1. The van der Waals surface area contributed by atoms with Crippen LogP contribution in [0.4, 0.5) is 5.69 Å². The lowest BCUT2D eigenvalue weighted by molar-refractivity contribution is -0.122. The molecule has 0 saturated carbocycles. The second-order valence-electron chi connectivity index (χ2n) is 8.14. The molecule has 1 saturated heterocycles. The van der Waals surface area contributed by atoms with E-state index in [2.05, 4.69) is 5.32 Å². The molecular formula is C27H19ClN2O8S. The molecule has 12 heteroatoms. The van der Waals surface area contributed by atoms with E-state index in [1.807, 2.05) is 0 Å². The van der Waals surface area contributed by atoms with Gasteiger partial charge in [0, 0.05) is 0 Å². The Morgan fingerprint density at radius 2 is 1.72 bits per heavy atom. The Morgan fingerprint density at radius 1 is 1.03 bits per heavy atom. The van der Waals surface area contributed by atoms with Crippen LogP contribution in [0.2, 0.25) is 5.02 Å². The fourth-order valence-corrected chi connectivity index (χ4v) is 4.25. The Labute approximate surface area is 232 Å². The molecule has 39 heavy (non-hydrogen) atoms. The Balaban J connectivity index is 1.62. The quantitative estimate of drug-likeness (QED) is 0.208. The molecule has 3 N–H and O–H groups in total. The van der Waals surface area contributed by atoms with Crippen molar-refractivity contribution in [2.24, 2.45) is 0 Å². The first-order valence-corrected chi connectivity index (χ1v) is 11.9. The molecule has 1 aliphatic heterocycles. The van der Waals surface area contributed by atoms with E-state index in [0.717, 1.165) is 4.90 Å². The first-order valence-electron chi connectivity index (χ1n) is 11.2. The number of ether oxygens (including phenoxy) is 2. The van der Waals surface area contributed by atoms with Crippen LogP contribution in [0.15, 0.2) is 66.2 Å². The van der Waals surface area contributed by atoms with E-state index >= 15 is 0 Å². The average molecular weight is 567 g/mol. The van der Waals surface area contributed by atoms with Gasteiger partial charge in [0.05, 0.1) is 28.9 Å². The summed E-state index contributed by atoms with van der Waals surface area (Å²) in [7, 11) is 1.39. The van der Waals surface area contributed by atoms with Gasteiger partial charge < -0.3 is 19.7 Å². The second-order valence-corrected chi connectivity index (χ2v) is 8.93. The summed E-state index contributed by atoms with van der Waals surface area (Å²) in [6.07, 6.45) is 1.30. The highest BCUT2D eigenvalue weighted by molar-refractivity contribution is 7.80. The number of amides is 2. The summed E-state index contributed by atoms with van der Waals surface area (Å²) in [5.41, 5.74) is 1.02. The molecule has 10 nitrogen and oxygen atoms in total. The topological polar surface area (TPSA) is 142 Å². The minimum absolute atomic E-state index is 0.0598. The third kappa shape index (κ3) is 5.89. The van der Waals surface area contributed by atoms with Crippen LogP contribution < -0.4 is 19.7 Å². The number of halogens is 1. The standard InChI is InChI=1S/C27H19ClN2O8S/c1-37-21-11-15(10-20(28)22(21)38-13-14-5-7-16(8-6-14)25(33)34)9-19-23(31)29-27(39)30(24(19)32)18-4-2-3-17(12-18)26(35)36/h2-12H,13H2,1H3,(H,33,34)(H,35,36)(H,29,31,39). The minimum atomic E-state index is -1.19. The highest BCUT2D eigenvalue weighted by atomic mass is 35.5. The zero-order valence-corrected chi connectivity index (χ0v) is 21.7. The number of hydrogen-bond acceptors (Lipinski definition) is 7. The third-order valence-corrected chi connectivity index (χ3v) is 6.17. The maximum atomic E-state index is 13.3. The molecule has 3 aromatic rings. The summed E-state index contributed by atoms with van der Waals surface area (Å²) in [4.78, 5) is 49.4. The van der Waals surface area contributed by atoms with Crippen molar-refractivity contribution in [3.8, 4) is 11.5 Å². The molecule has 0 atom stereocenters. The number of carboxylic acids is 2. The van der Waals surface area contributed by atoms with Gasteiger partial charge in [-0.05, 0) is 71.9 Å². The largest absolute Gasteiger partial charge is 0.493 e. The lowest BCUT2D eigenvalue weighted by atomic mass is 10.1. The van der Waals surface area contributed by atoms with Gasteiger partial charge in [-0.25, -0.2) is 9.59 Å². The maximum Gasteiger partial charge on any atom is 0.335 e. The van der Waals surface area contributed by atoms with Gasteiger partial charge >= 0.3 is 11.9 Å². The zero-order chi connectivity index (χ0) is 28.3. The molecule has 0 unspecified atom stereocenters. The fraction of sp³-hybridized carbons (Fsp3) is 0.0741.